The molecule has 2 aliphatic heterocycles. The van der Waals surface area contributed by atoms with Crippen LogP contribution in [0.5, 0.6) is 5.75 Å². The summed E-state index contributed by atoms with van der Waals surface area (Å²) in [5.41, 5.74) is 1.29. The highest BCUT2D eigenvalue weighted by atomic mass is 79.9. The minimum absolute atomic E-state index is 0.206. The summed E-state index contributed by atoms with van der Waals surface area (Å²) in [4.78, 5) is 17.9. The van der Waals surface area contributed by atoms with Crippen molar-refractivity contribution in [3.8, 4) is 5.75 Å². The maximum absolute atomic E-state index is 13.0. The van der Waals surface area contributed by atoms with Gasteiger partial charge in [-0.3, -0.25) is 15.1 Å². The van der Waals surface area contributed by atoms with E-state index in [1.54, 1.807) is 18.2 Å². The molecule has 0 saturated carbocycles. The molecular weight excluding hydrogens is 440 g/mol. The molecule has 0 saturated heterocycles. The first kappa shape index (κ1) is 18.8. The Hall–Kier alpha value is -2.58. The molecule has 1 unspecified atom stereocenters. The fraction of sp³-hybridized carbons (Fsp3) is 0.150. The molecule has 1 amide bonds. The van der Waals surface area contributed by atoms with Crippen LogP contribution in [0.1, 0.15) is 11.7 Å². The first-order chi connectivity index (χ1) is 13.6. The van der Waals surface area contributed by atoms with Gasteiger partial charge < -0.3 is 4.74 Å². The van der Waals surface area contributed by atoms with Crippen molar-refractivity contribution >= 4 is 44.5 Å². The molecule has 1 N–H and O–H groups in total. The Kier molecular flexibility index (Phi) is 5.23. The van der Waals surface area contributed by atoms with Crippen molar-refractivity contribution in [2.75, 3.05) is 12.9 Å². The molecule has 2 aromatic carbocycles. The van der Waals surface area contributed by atoms with E-state index in [1.807, 2.05) is 42.5 Å². The fourth-order valence-electron chi connectivity index (χ4n) is 3.14. The maximum Gasteiger partial charge on any atom is 0.276 e. The van der Waals surface area contributed by atoms with Crippen molar-refractivity contribution < 1.29 is 9.53 Å². The fourth-order valence-corrected chi connectivity index (χ4v) is 4.10. The number of fused-ring (bicyclic) bond motifs is 2. The van der Waals surface area contributed by atoms with Crippen LogP contribution in [0.15, 0.2) is 69.7 Å². The molecule has 0 bridgehead atoms. The molecule has 2 aromatic rings. The first-order valence-corrected chi connectivity index (χ1v) is 10.3. The number of rotatable bonds is 4. The zero-order chi connectivity index (χ0) is 19.7. The van der Waals surface area contributed by atoms with Crippen molar-refractivity contribution in [1.82, 2.24) is 10.3 Å². The lowest BCUT2D eigenvalue weighted by molar-refractivity contribution is -0.116. The molecule has 142 valence electrons. The molecule has 1 atom stereocenters. The Bertz CT molecular complexity index is 1120. The van der Waals surface area contributed by atoms with Crippen molar-refractivity contribution in [2.45, 2.75) is 6.17 Å². The molecule has 0 aliphatic carbocycles. The number of methoxy groups -OCH3 is 1. The number of nitrogens with one attached hydrogen (secondary N) is 1. The monoisotopic (exact) mass is 456 g/mol. The number of benzene rings is 2. The third-order valence-electron chi connectivity index (χ3n) is 4.32. The number of para-hydroxylation sites is 1. The van der Waals surface area contributed by atoms with Gasteiger partial charge in [0.05, 0.1) is 12.5 Å². The number of amides is 1. The predicted octanol–water partition coefficient (Wildman–Crippen LogP) is 2.52. The third-order valence-corrected chi connectivity index (χ3v) is 5.68. The van der Waals surface area contributed by atoms with Crippen LogP contribution in [0.2, 0.25) is 0 Å². The molecule has 4 rings (SSSR count). The van der Waals surface area contributed by atoms with E-state index in [0.717, 1.165) is 20.6 Å². The Morgan fingerprint density at radius 3 is 2.96 bits per heavy atom. The first-order valence-electron chi connectivity index (χ1n) is 8.56. The lowest BCUT2D eigenvalue weighted by atomic mass is 10.1. The minimum Gasteiger partial charge on any atom is -0.496 e. The van der Waals surface area contributed by atoms with Crippen molar-refractivity contribution in [3.63, 3.8) is 0 Å². The largest absolute Gasteiger partial charge is 0.496 e. The van der Waals surface area contributed by atoms with E-state index in [-0.39, 0.29) is 5.91 Å². The smallest absolute Gasteiger partial charge is 0.276 e. The topological polar surface area (TPSA) is 66.3 Å². The van der Waals surface area contributed by atoms with Gasteiger partial charge in [-0.25, -0.2) is 5.01 Å². The Morgan fingerprint density at radius 1 is 1.36 bits per heavy atom. The number of carbonyl (C=O) groups excluding carboxylic acids is 1. The Morgan fingerprint density at radius 2 is 2.18 bits per heavy atom. The van der Waals surface area contributed by atoms with Crippen LogP contribution in [0.4, 0.5) is 0 Å². The van der Waals surface area contributed by atoms with Crippen LogP contribution in [-0.2, 0) is 4.79 Å². The van der Waals surface area contributed by atoms with Gasteiger partial charge in [-0.1, -0.05) is 52.0 Å². The molecule has 2 aliphatic rings. The molecule has 6 nitrogen and oxygen atoms in total. The molecule has 8 heteroatoms. The van der Waals surface area contributed by atoms with Crippen LogP contribution < -0.4 is 20.6 Å². The summed E-state index contributed by atoms with van der Waals surface area (Å²) in [6.45, 7) is 3.72. The standard InChI is InChI=1S/C20H17BrN4O2S/c1-3-10-28-20-23-19(26)17-13-6-4-5-7-15(13)22-18(25(17)24-20)14-11-12(21)8-9-16(14)27-2/h3-9,11,18H,1,10H2,2H3,(H,23,24,26). The van der Waals surface area contributed by atoms with Crippen LogP contribution in [0, 0.1) is 0 Å². The van der Waals surface area contributed by atoms with E-state index in [1.165, 1.54) is 11.8 Å². The maximum atomic E-state index is 13.0. The lowest BCUT2D eigenvalue weighted by Crippen LogP contribution is -2.50. The average molecular weight is 457 g/mol. The molecule has 0 fully saturated rings. The summed E-state index contributed by atoms with van der Waals surface area (Å²) in [6.07, 6.45) is 1.24. The van der Waals surface area contributed by atoms with E-state index in [0.29, 0.717) is 22.4 Å². The van der Waals surface area contributed by atoms with Gasteiger partial charge in [0.25, 0.3) is 5.91 Å². The third kappa shape index (κ3) is 3.33. The van der Waals surface area contributed by atoms with Crippen LogP contribution in [-0.4, -0.2) is 28.9 Å². The van der Waals surface area contributed by atoms with E-state index in [4.69, 9.17) is 9.73 Å². The average Bonchev–Trinajstić information content (AvgIpc) is 2.71. The van der Waals surface area contributed by atoms with Gasteiger partial charge in [-0.15, -0.1) is 11.7 Å². The highest BCUT2D eigenvalue weighted by Crippen LogP contribution is 2.36. The summed E-state index contributed by atoms with van der Waals surface area (Å²) >= 11 is 4.93. The van der Waals surface area contributed by atoms with E-state index < -0.39 is 6.17 Å². The lowest BCUT2D eigenvalue weighted by Gasteiger charge is -2.34. The Labute approximate surface area is 174 Å². The van der Waals surface area contributed by atoms with Gasteiger partial charge >= 0.3 is 0 Å². The number of hydrogen-bond donors (Lipinski definition) is 1. The van der Waals surface area contributed by atoms with Crippen LogP contribution in [0.3, 0.4) is 0 Å². The van der Waals surface area contributed by atoms with Gasteiger partial charge in [0.15, 0.2) is 11.3 Å². The van der Waals surface area contributed by atoms with E-state index >= 15 is 0 Å². The highest BCUT2D eigenvalue weighted by Gasteiger charge is 2.35. The van der Waals surface area contributed by atoms with Gasteiger partial charge in [0.1, 0.15) is 11.4 Å². The molecule has 0 spiro atoms. The van der Waals surface area contributed by atoms with Gasteiger partial charge in [-0.2, -0.15) is 0 Å². The zero-order valence-corrected chi connectivity index (χ0v) is 17.5. The number of hydrazone groups is 1. The van der Waals surface area contributed by atoms with E-state index in [2.05, 4.69) is 32.9 Å². The number of amidine groups is 1. The predicted molar refractivity (Wildman–Crippen MR) is 114 cm³/mol. The number of nitrogens with zero attached hydrogens (tertiary/aromatic N) is 3. The second-order valence-corrected chi connectivity index (χ2v) is 7.98. The molecule has 28 heavy (non-hydrogen) atoms. The summed E-state index contributed by atoms with van der Waals surface area (Å²) in [5.74, 6) is 1.11. The van der Waals surface area contributed by atoms with Gasteiger partial charge in [0.2, 0.25) is 0 Å². The summed E-state index contributed by atoms with van der Waals surface area (Å²) in [5, 5.41) is 11.2. The van der Waals surface area contributed by atoms with Gasteiger partial charge in [0, 0.05) is 21.0 Å². The normalized spacial score (nSPS) is 17.7. The van der Waals surface area contributed by atoms with E-state index in [9.17, 15) is 4.79 Å². The molecule has 0 aromatic heterocycles. The van der Waals surface area contributed by atoms with Crippen molar-refractivity contribution in [2.24, 2.45) is 10.1 Å². The number of carbonyl (C=O) groups is 1. The summed E-state index contributed by atoms with van der Waals surface area (Å²) < 4.78 is 6.45. The molecule has 0 radical (unpaired) electrons. The van der Waals surface area contributed by atoms with Crippen LogP contribution >= 0.6 is 27.7 Å². The van der Waals surface area contributed by atoms with Gasteiger partial charge in [-0.05, 0) is 24.3 Å². The minimum atomic E-state index is -0.525. The number of thioether (sulfide) groups is 1. The summed E-state index contributed by atoms with van der Waals surface area (Å²) in [6, 6.07) is 13.3. The highest BCUT2D eigenvalue weighted by molar-refractivity contribution is 9.10. The van der Waals surface area contributed by atoms with Crippen molar-refractivity contribution in [3.05, 3.63) is 75.7 Å². The number of halogens is 1. The second kappa shape index (κ2) is 7.81. The SMILES string of the molecule is C=CCSC1=NN2C(=c3ccccc3=NC2c2cc(Br)ccc2OC)C(=O)N1. The van der Waals surface area contributed by atoms with Crippen LogP contribution in [0.25, 0.3) is 5.70 Å². The molecular formula is C20H17BrN4O2S. The molecule has 2 heterocycles. The number of ether oxygens (including phenoxy) is 1. The zero-order valence-electron chi connectivity index (χ0n) is 15.1. The summed E-state index contributed by atoms with van der Waals surface area (Å²) in [7, 11) is 1.62. The quantitative estimate of drug-likeness (QED) is 0.717. The van der Waals surface area contributed by atoms with Crippen molar-refractivity contribution in [1.29, 1.82) is 0 Å². The Balaban J connectivity index is 1.95. The number of hydrogen-bond acceptors (Lipinski definition) is 6. The second-order valence-electron chi connectivity index (χ2n) is 6.06.